The van der Waals surface area contributed by atoms with E-state index in [0.717, 1.165) is 25.0 Å². The van der Waals surface area contributed by atoms with Crippen LogP contribution in [0.5, 0.6) is 0 Å². The van der Waals surface area contributed by atoms with Gasteiger partial charge in [0.2, 0.25) is 0 Å². The third-order valence-electron chi connectivity index (χ3n) is 3.40. The molecule has 0 unspecified atom stereocenters. The van der Waals surface area contributed by atoms with E-state index in [1.807, 2.05) is 0 Å². The van der Waals surface area contributed by atoms with Crippen LogP contribution in [0.2, 0.25) is 0 Å². The third-order valence-corrected chi connectivity index (χ3v) is 4.21. The molecule has 0 N–H and O–H groups in total. The van der Waals surface area contributed by atoms with Crippen LogP contribution in [0.25, 0.3) is 0 Å². The third kappa shape index (κ3) is 4.24. The van der Waals surface area contributed by atoms with Crippen molar-refractivity contribution in [3.05, 3.63) is 38.3 Å². The fourth-order valence-electron chi connectivity index (χ4n) is 2.28. The zero-order chi connectivity index (χ0) is 15.4. The number of non-ortho nitro benzene ring substituents is 1. The molecule has 1 aromatic rings. The van der Waals surface area contributed by atoms with Crippen LogP contribution < -0.4 is 0 Å². The van der Waals surface area contributed by atoms with Gasteiger partial charge in [-0.2, -0.15) is 0 Å². The van der Waals surface area contributed by atoms with E-state index in [-0.39, 0.29) is 11.6 Å². The van der Waals surface area contributed by atoms with Crippen molar-refractivity contribution in [1.82, 2.24) is 9.80 Å². The highest BCUT2D eigenvalue weighted by molar-refractivity contribution is 9.10. The van der Waals surface area contributed by atoms with Crippen LogP contribution >= 0.6 is 31.9 Å². The van der Waals surface area contributed by atoms with Crippen LogP contribution in [0.1, 0.15) is 10.4 Å². The van der Waals surface area contributed by atoms with Gasteiger partial charge >= 0.3 is 0 Å². The van der Waals surface area contributed by atoms with Crippen molar-refractivity contribution in [3.8, 4) is 0 Å². The van der Waals surface area contributed by atoms with Gasteiger partial charge < -0.3 is 4.90 Å². The molecule has 1 amide bonds. The lowest BCUT2D eigenvalue weighted by Crippen LogP contribution is -2.49. The first-order chi connectivity index (χ1) is 10.0. The van der Waals surface area contributed by atoms with Gasteiger partial charge in [0.1, 0.15) is 0 Å². The van der Waals surface area contributed by atoms with Crippen LogP contribution in [0, 0.1) is 10.1 Å². The number of piperazine rings is 1. The topological polar surface area (TPSA) is 66.7 Å². The Morgan fingerprint density at radius 1 is 1.24 bits per heavy atom. The molecule has 1 saturated heterocycles. The van der Waals surface area contributed by atoms with Crippen molar-refractivity contribution in [2.75, 3.05) is 38.1 Å². The molecule has 114 valence electrons. The molecular weight excluding hydrogens is 406 g/mol. The molecule has 0 spiro atoms. The van der Waals surface area contributed by atoms with E-state index in [4.69, 9.17) is 0 Å². The summed E-state index contributed by atoms with van der Waals surface area (Å²) in [5, 5.41) is 11.8. The number of halogens is 2. The van der Waals surface area contributed by atoms with Gasteiger partial charge in [0.15, 0.2) is 0 Å². The SMILES string of the molecule is O=C(c1cc(Br)cc([N+](=O)[O-])c1)N1CCN(CCBr)CC1. The zero-order valence-corrected chi connectivity index (χ0v) is 14.5. The number of alkyl halides is 1. The molecule has 1 aliphatic rings. The highest BCUT2D eigenvalue weighted by atomic mass is 79.9. The molecule has 0 aromatic heterocycles. The maximum Gasteiger partial charge on any atom is 0.271 e. The number of nitro groups is 1. The lowest BCUT2D eigenvalue weighted by atomic mass is 10.1. The number of benzene rings is 1. The van der Waals surface area contributed by atoms with Gasteiger partial charge in [-0.15, -0.1) is 0 Å². The van der Waals surface area contributed by atoms with E-state index in [0.29, 0.717) is 23.1 Å². The molecule has 6 nitrogen and oxygen atoms in total. The molecule has 0 bridgehead atoms. The van der Waals surface area contributed by atoms with Crippen LogP contribution in [0.4, 0.5) is 5.69 Å². The molecule has 0 atom stereocenters. The molecule has 21 heavy (non-hydrogen) atoms. The van der Waals surface area contributed by atoms with E-state index in [1.165, 1.54) is 12.1 Å². The summed E-state index contributed by atoms with van der Waals surface area (Å²) in [6.45, 7) is 3.91. The lowest BCUT2D eigenvalue weighted by molar-refractivity contribution is -0.385. The van der Waals surface area contributed by atoms with Crippen LogP contribution in [-0.4, -0.2) is 58.7 Å². The number of nitrogens with zero attached hydrogens (tertiary/aromatic N) is 3. The van der Waals surface area contributed by atoms with Crippen molar-refractivity contribution in [2.24, 2.45) is 0 Å². The first-order valence-corrected chi connectivity index (χ1v) is 8.45. The summed E-state index contributed by atoms with van der Waals surface area (Å²) in [7, 11) is 0. The standard InChI is InChI=1S/C13H15Br2N3O3/c14-1-2-16-3-5-17(6-4-16)13(19)10-7-11(15)9-12(8-10)18(20)21/h7-9H,1-6H2. The molecule has 2 rings (SSSR count). The molecule has 0 radical (unpaired) electrons. The van der Waals surface area contributed by atoms with Gasteiger partial charge in [0, 0.05) is 60.2 Å². The van der Waals surface area contributed by atoms with Crippen molar-refractivity contribution in [2.45, 2.75) is 0 Å². The second kappa shape index (κ2) is 7.33. The Morgan fingerprint density at radius 2 is 1.90 bits per heavy atom. The molecule has 0 aliphatic carbocycles. The minimum absolute atomic E-state index is 0.0781. The Balaban J connectivity index is 2.09. The quantitative estimate of drug-likeness (QED) is 0.426. The number of nitro benzene ring substituents is 1. The smallest absolute Gasteiger partial charge is 0.271 e. The summed E-state index contributed by atoms with van der Waals surface area (Å²) < 4.78 is 0.540. The zero-order valence-electron chi connectivity index (χ0n) is 11.3. The van der Waals surface area contributed by atoms with E-state index < -0.39 is 4.92 Å². The fourth-order valence-corrected chi connectivity index (χ4v) is 3.26. The van der Waals surface area contributed by atoms with E-state index in [2.05, 4.69) is 36.8 Å². The van der Waals surface area contributed by atoms with Gasteiger partial charge in [-0.3, -0.25) is 19.8 Å². The van der Waals surface area contributed by atoms with Gasteiger partial charge in [0.05, 0.1) is 4.92 Å². The number of rotatable bonds is 4. The summed E-state index contributed by atoms with van der Waals surface area (Å²) in [4.78, 5) is 26.8. The maximum absolute atomic E-state index is 12.4. The van der Waals surface area contributed by atoms with Gasteiger partial charge in [-0.25, -0.2) is 0 Å². The summed E-state index contributed by atoms with van der Waals surface area (Å²) in [6, 6.07) is 4.35. The van der Waals surface area contributed by atoms with Crippen LogP contribution in [0.15, 0.2) is 22.7 Å². The lowest BCUT2D eigenvalue weighted by Gasteiger charge is -2.34. The van der Waals surface area contributed by atoms with E-state index in [9.17, 15) is 14.9 Å². The normalized spacial score (nSPS) is 16.0. The number of hydrogen-bond acceptors (Lipinski definition) is 4. The molecule has 8 heteroatoms. The van der Waals surface area contributed by atoms with Crippen LogP contribution in [-0.2, 0) is 0 Å². The highest BCUT2D eigenvalue weighted by Crippen LogP contribution is 2.22. The highest BCUT2D eigenvalue weighted by Gasteiger charge is 2.23. The van der Waals surface area contributed by atoms with Crippen LogP contribution in [0.3, 0.4) is 0 Å². The average molecular weight is 421 g/mol. The number of carbonyl (C=O) groups is 1. The Hall–Kier alpha value is -0.990. The molecule has 1 fully saturated rings. The summed E-state index contributed by atoms with van der Waals surface area (Å²) in [6.07, 6.45) is 0. The Labute approximate surface area is 139 Å². The Bertz CT molecular complexity index is 545. The number of hydrogen-bond donors (Lipinski definition) is 0. The van der Waals surface area contributed by atoms with Crippen molar-refractivity contribution < 1.29 is 9.72 Å². The fraction of sp³-hybridized carbons (Fsp3) is 0.462. The number of carbonyl (C=O) groups excluding carboxylic acids is 1. The summed E-state index contributed by atoms with van der Waals surface area (Å²) in [5.41, 5.74) is 0.274. The monoisotopic (exact) mass is 419 g/mol. The molecule has 1 aliphatic heterocycles. The molecule has 1 aromatic carbocycles. The average Bonchev–Trinajstić information content (AvgIpc) is 2.47. The predicted molar refractivity (Wildman–Crippen MR) is 86.9 cm³/mol. The minimum Gasteiger partial charge on any atom is -0.336 e. The second-order valence-corrected chi connectivity index (χ2v) is 6.49. The minimum atomic E-state index is -0.491. The van der Waals surface area contributed by atoms with Crippen molar-refractivity contribution in [3.63, 3.8) is 0 Å². The predicted octanol–water partition coefficient (Wildman–Crippen LogP) is 2.51. The van der Waals surface area contributed by atoms with Gasteiger partial charge in [-0.1, -0.05) is 31.9 Å². The van der Waals surface area contributed by atoms with Gasteiger partial charge in [0.25, 0.3) is 11.6 Å². The van der Waals surface area contributed by atoms with Crippen molar-refractivity contribution in [1.29, 1.82) is 0 Å². The molecule has 1 heterocycles. The van der Waals surface area contributed by atoms with Gasteiger partial charge in [-0.05, 0) is 6.07 Å². The second-order valence-electron chi connectivity index (χ2n) is 4.78. The Kier molecular flexibility index (Phi) is 5.72. The Morgan fingerprint density at radius 3 is 2.48 bits per heavy atom. The number of amides is 1. The van der Waals surface area contributed by atoms with E-state index in [1.54, 1.807) is 11.0 Å². The van der Waals surface area contributed by atoms with Crippen molar-refractivity contribution >= 4 is 43.5 Å². The summed E-state index contributed by atoms with van der Waals surface area (Å²) in [5.74, 6) is -0.155. The largest absolute Gasteiger partial charge is 0.336 e. The maximum atomic E-state index is 12.4. The molecule has 0 saturated carbocycles. The van der Waals surface area contributed by atoms with E-state index >= 15 is 0 Å². The first kappa shape index (κ1) is 16.4. The summed E-state index contributed by atoms with van der Waals surface area (Å²) >= 11 is 6.62. The first-order valence-electron chi connectivity index (χ1n) is 6.54. The molecular formula is C13H15Br2N3O3.